The SMILES string of the molecule is COc1ccc(S(=O)(=O)N[C@@H](C)C(=O)NC2CCC(C)CC2)cc1. The number of carbonyl (C=O) groups excluding carboxylic acids is 1. The number of amides is 1. The second-order valence-corrected chi connectivity index (χ2v) is 8.20. The zero-order chi connectivity index (χ0) is 17.7. The van der Waals surface area contributed by atoms with Gasteiger partial charge < -0.3 is 10.1 Å². The summed E-state index contributed by atoms with van der Waals surface area (Å²) in [6.45, 7) is 3.77. The first-order chi connectivity index (χ1) is 11.3. The van der Waals surface area contributed by atoms with Gasteiger partial charge in [-0.3, -0.25) is 4.79 Å². The number of sulfonamides is 1. The van der Waals surface area contributed by atoms with Crippen LogP contribution in [0.3, 0.4) is 0 Å². The molecule has 6 nitrogen and oxygen atoms in total. The summed E-state index contributed by atoms with van der Waals surface area (Å²) < 4.78 is 32.1. The molecule has 7 heteroatoms. The molecule has 2 N–H and O–H groups in total. The molecular weight excluding hydrogens is 328 g/mol. The Balaban J connectivity index is 1.93. The molecular formula is C17H26N2O4S. The van der Waals surface area contributed by atoms with Gasteiger partial charge in [0, 0.05) is 6.04 Å². The molecule has 24 heavy (non-hydrogen) atoms. The quantitative estimate of drug-likeness (QED) is 0.819. The van der Waals surface area contributed by atoms with Crippen LogP contribution in [0.5, 0.6) is 5.75 Å². The van der Waals surface area contributed by atoms with Gasteiger partial charge in [0.15, 0.2) is 0 Å². The Labute approximate surface area is 144 Å². The minimum absolute atomic E-state index is 0.106. The van der Waals surface area contributed by atoms with E-state index in [1.54, 1.807) is 19.1 Å². The summed E-state index contributed by atoms with van der Waals surface area (Å²) in [5, 5.41) is 2.95. The molecule has 134 valence electrons. The number of nitrogens with one attached hydrogen (secondary N) is 2. The lowest BCUT2D eigenvalue weighted by Crippen LogP contribution is -2.48. The van der Waals surface area contributed by atoms with E-state index in [-0.39, 0.29) is 16.8 Å². The van der Waals surface area contributed by atoms with E-state index >= 15 is 0 Å². The van der Waals surface area contributed by atoms with Crippen molar-refractivity contribution in [2.24, 2.45) is 5.92 Å². The van der Waals surface area contributed by atoms with E-state index in [0.29, 0.717) is 11.7 Å². The van der Waals surface area contributed by atoms with E-state index in [0.717, 1.165) is 25.7 Å². The minimum atomic E-state index is -3.75. The van der Waals surface area contributed by atoms with Crippen molar-refractivity contribution in [3.63, 3.8) is 0 Å². The van der Waals surface area contributed by atoms with E-state index < -0.39 is 16.1 Å². The summed E-state index contributed by atoms with van der Waals surface area (Å²) in [6.07, 6.45) is 4.09. The molecule has 0 heterocycles. The molecule has 1 fully saturated rings. The Hall–Kier alpha value is -1.60. The third-order valence-corrected chi connectivity index (χ3v) is 6.01. The summed E-state index contributed by atoms with van der Waals surface area (Å²) in [6, 6.07) is 5.37. The zero-order valence-electron chi connectivity index (χ0n) is 14.4. The topological polar surface area (TPSA) is 84.5 Å². The van der Waals surface area contributed by atoms with Gasteiger partial charge in [0.2, 0.25) is 15.9 Å². The molecule has 1 aliphatic carbocycles. The second-order valence-electron chi connectivity index (χ2n) is 6.48. The highest BCUT2D eigenvalue weighted by Gasteiger charge is 2.25. The Kier molecular flexibility index (Phi) is 6.23. The number of hydrogen-bond donors (Lipinski definition) is 2. The van der Waals surface area contributed by atoms with Crippen LogP contribution in [0.2, 0.25) is 0 Å². The van der Waals surface area contributed by atoms with Gasteiger partial charge in [0.25, 0.3) is 0 Å². The van der Waals surface area contributed by atoms with Crippen molar-refractivity contribution in [1.29, 1.82) is 0 Å². The number of hydrogen-bond acceptors (Lipinski definition) is 4. The summed E-state index contributed by atoms with van der Waals surface area (Å²) >= 11 is 0. The van der Waals surface area contributed by atoms with Crippen LogP contribution in [0.4, 0.5) is 0 Å². The van der Waals surface area contributed by atoms with Crippen LogP contribution >= 0.6 is 0 Å². The van der Waals surface area contributed by atoms with Gasteiger partial charge >= 0.3 is 0 Å². The Morgan fingerprint density at radius 2 is 1.75 bits per heavy atom. The molecule has 1 aliphatic rings. The monoisotopic (exact) mass is 354 g/mol. The van der Waals surface area contributed by atoms with Crippen LogP contribution in [0.25, 0.3) is 0 Å². The van der Waals surface area contributed by atoms with Crippen molar-refractivity contribution in [2.75, 3.05) is 7.11 Å². The maximum Gasteiger partial charge on any atom is 0.241 e. The van der Waals surface area contributed by atoms with E-state index in [9.17, 15) is 13.2 Å². The van der Waals surface area contributed by atoms with Gasteiger partial charge in [-0.1, -0.05) is 6.92 Å². The van der Waals surface area contributed by atoms with Crippen LogP contribution in [-0.4, -0.2) is 33.5 Å². The number of carbonyl (C=O) groups is 1. The molecule has 2 rings (SSSR count). The maximum atomic E-state index is 12.3. The van der Waals surface area contributed by atoms with Gasteiger partial charge in [-0.05, 0) is 62.8 Å². The lowest BCUT2D eigenvalue weighted by molar-refractivity contribution is -0.123. The fourth-order valence-electron chi connectivity index (χ4n) is 2.84. The van der Waals surface area contributed by atoms with Crippen LogP contribution in [0.1, 0.15) is 39.5 Å². The molecule has 1 saturated carbocycles. The average Bonchev–Trinajstić information content (AvgIpc) is 2.56. The van der Waals surface area contributed by atoms with Crippen molar-refractivity contribution < 1.29 is 17.9 Å². The van der Waals surface area contributed by atoms with Gasteiger partial charge in [-0.2, -0.15) is 4.72 Å². The average molecular weight is 354 g/mol. The zero-order valence-corrected chi connectivity index (χ0v) is 15.2. The lowest BCUT2D eigenvalue weighted by Gasteiger charge is -2.28. The Bertz CT molecular complexity index is 650. The van der Waals surface area contributed by atoms with Crippen molar-refractivity contribution in [2.45, 2.75) is 56.5 Å². The Morgan fingerprint density at radius 3 is 2.29 bits per heavy atom. The normalized spacial score (nSPS) is 22.6. The predicted molar refractivity (Wildman–Crippen MR) is 92.3 cm³/mol. The fourth-order valence-corrected chi connectivity index (χ4v) is 4.04. The smallest absolute Gasteiger partial charge is 0.241 e. The largest absolute Gasteiger partial charge is 0.497 e. The predicted octanol–water partition coefficient (Wildman–Crippen LogP) is 2.06. The van der Waals surface area contributed by atoms with Gasteiger partial charge in [0.05, 0.1) is 18.0 Å². The standard InChI is InChI=1S/C17H26N2O4S/c1-12-4-6-14(7-5-12)18-17(20)13(2)19-24(21,22)16-10-8-15(23-3)9-11-16/h8-14,19H,4-7H2,1-3H3,(H,18,20)/t12?,13-,14?/m0/s1. The minimum Gasteiger partial charge on any atom is -0.497 e. The van der Waals surface area contributed by atoms with Crippen LogP contribution in [0.15, 0.2) is 29.2 Å². The van der Waals surface area contributed by atoms with Crippen LogP contribution in [-0.2, 0) is 14.8 Å². The highest BCUT2D eigenvalue weighted by molar-refractivity contribution is 7.89. The number of ether oxygens (including phenoxy) is 1. The third-order valence-electron chi connectivity index (χ3n) is 4.46. The lowest BCUT2D eigenvalue weighted by atomic mass is 9.87. The molecule has 1 aromatic rings. The van der Waals surface area contributed by atoms with Gasteiger partial charge in [0.1, 0.15) is 5.75 Å². The first-order valence-electron chi connectivity index (χ1n) is 8.28. The molecule has 0 aromatic heterocycles. The molecule has 0 radical (unpaired) electrons. The van der Waals surface area contributed by atoms with E-state index in [1.165, 1.54) is 19.2 Å². The van der Waals surface area contributed by atoms with E-state index in [1.807, 2.05) is 0 Å². The molecule has 1 aromatic carbocycles. The highest BCUT2D eigenvalue weighted by Crippen LogP contribution is 2.23. The number of methoxy groups -OCH3 is 1. The van der Waals surface area contributed by atoms with Crippen molar-refractivity contribution in [1.82, 2.24) is 10.0 Å². The molecule has 0 bridgehead atoms. The molecule has 0 aliphatic heterocycles. The molecule has 0 spiro atoms. The maximum absolute atomic E-state index is 12.3. The number of benzene rings is 1. The van der Waals surface area contributed by atoms with Crippen molar-refractivity contribution in [3.05, 3.63) is 24.3 Å². The first kappa shape index (κ1) is 18.7. The Morgan fingerprint density at radius 1 is 1.17 bits per heavy atom. The fraction of sp³-hybridized carbons (Fsp3) is 0.588. The molecule has 0 saturated heterocycles. The van der Waals surface area contributed by atoms with Gasteiger partial charge in [-0.25, -0.2) is 8.42 Å². The second kappa shape index (κ2) is 7.98. The summed E-state index contributed by atoms with van der Waals surface area (Å²) in [5.74, 6) is 0.988. The first-order valence-corrected chi connectivity index (χ1v) is 9.77. The summed E-state index contributed by atoms with van der Waals surface area (Å²) in [7, 11) is -2.23. The van der Waals surface area contributed by atoms with E-state index in [2.05, 4.69) is 17.0 Å². The molecule has 1 amide bonds. The third kappa shape index (κ3) is 4.95. The van der Waals surface area contributed by atoms with Crippen molar-refractivity contribution >= 4 is 15.9 Å². The van der Waals surface area contributed by atoms with Crippen LogP contribution in [0, 0.1) is 5.92 Å². The summed E-state index contributed by atoms with van der Waals surface area (Å²) in [5.41, 5.74) is 0. The van der Waals surface area contributed by atoms with Crippen LogP contribution < -0.4 is 14.8 Å². The highest BCUT2D eigenvalue weighted by atomic mass is 32.2. The molecule has 0 unspecified atom stereocenters. The molecule has 1 atom stereocenters. The summed E-state index contributed by atoms with van der Waals surface area (Å²) in [4.78, 5) is 12.4. The van der Waals surface area contributed by atoms with Crippen molar-refractivity contribution in [3.8, 4) is 5.75 Å². The number of rotatable bonds is 6. The van der Waals surface area contributed by atoms with E-state index in [4.69, 9.17) is 4.74 Å². The van der Waals surface area contributed by atoms with Gasteiger partial charge in [-0.15, -0.1) is 0 Å².